The van der Waals surface area contributed by atoms with Crippen molar-refractivity contribution in [2.75, 3.05) is 0 Å². The highest BCUT2D eigenvalue weighted by atomic mass is 19.1. The first kappa shape index (κ1) is 11.5. The number of hydrogen-bond acceptors (Lipinski definition) is 0. The summed E-state index contributed by atoms with van der Waals surface area (Å²) in [6.45, 7) is 0. The van der Waals surface area contributed by atoms with Crippen molar-refractivity contribution in [3.63, 3.8) is 0 Å². The van der Waals surface area contributed by atoms with Gasteiger partial charge in [-0.05, 0) is 18.2 Å². The van der Waals surface area contributed by atoms with Crippen LogP contribution >= 0.6 is 0 Å². The molecule has 0 aliphatic heterocycles. The maximum Gasteiger partial charge on any atom is 0.133 e. The first-order chi connectivity index (χ1) is 8.16. The van der Waals surface area contributed by atoms with Crippen LogP contribution in [-0.2, 0) is 0 Å². The van der Waals surface area contributed by atoms with Crippen molar-refractivity contribution < 1.29 is 13.2 Å². The van der Waals surface area contributed by atoms with Gasteiger partial charge in [0.15, 0.2) is 0 Å². The van der Waals surface area contributed by atoms with Crippen LogP contribution in [0, 0.1) is 17.5 Å². The molecule has 0 spiro atoms. The second kappa shape index (κ2) is 4.87. The van der Waals surface area contributed by atoms with Gasteiger partial charge in [-0.15, -0.1) is 0 Å². The molecule has 2 aromatic carbocycles. The van der Waals surface area contributed by atoms with Gasteiger partial charge in [-0.25, -0.2) is 13.2 Å². The van der Waals surface area contributed by atoms with Crippen LogP contribution in [0.1, 0.15) is 11.1 Å². The molecule has 0 unspecified atom stereocenters. The normalized spacial score (nSPS) is 11.0. The van der Waals surface area contributed by atoms with Gasteiger partial charge < -0.3 is 0 Å². The molecule has 0 saturated carbocycles. The van der Waals surface area contributed by atoms with E-state index in [9.17, 15) is 13.2 Å². The lowest BCUT2D eigenvalue weighted by atomic mass is 10.1. The number of hydrogen-bond donors (Lipinski definition) is 0. The molecule has 17 heavy (non-hydrogen) atoms. The second-order valence-electron chi connectivity index (χ2n) is 3.52. The zero-order chi connectivity index (χ0) is 12.3. The molecule has 3 heteroatoms. The van der Waals surface area contributed by atoms with Crippen molar-refractivity contribution in [1.29, 1.82) is 0 Å². The van der Waals surface area contributed by atoms with Crippen LogP contribution in [0.15, 0.2) is 42.5 Å². The van der Waals surface area contributed by atoms with Crippen molar-refractivity contribution in [2.45, 2.75) is 0 Å². The van der Waals surface area contributed by atoms with Gasteiger partial charge >= 0.3 is 0 Å². The lowest BCUT2D eigenvalue weighted by Crippen LogP contribution is -1.84. The van der Waals surface area contributed by atoms with Gasteiger partial charge in [-0.3, -0.25) is 0 Å². The van der Waals surface area contributed by atoms with Crippen LogP contribution in [0.25, 0.3) is 12.2 Å². The molecule has 0 atom stereocenters. The number of rotatable bonds is 2. The highest BCUT2D eigenvalue weighted by Crippen LogP contribution is 2.15. The van der Waals surface area contributed by atoms with Crippen molar-refractivity contribution in [3.05, 3.63) is 71.0 Å². The average molecular weight is 234 g/mol. The molecule has 2 rings (SSSR count). The molecular weight excluding hydrogens is 225 g/mol. The fourth-order valence-electron chi connectivity index (χ4n) is 1.43. The Hall–Kier alpha value is -2.03. The van der Waals surface area contributed by atoms with E-state index in [0.29, 0.717) is 5.56 Å². The smallest absolute Gasteiger partial charge is 0.133 e. The molecule has 0 N–H and O–H groups in total. The lowest BCUT2D eigenvalue weighted by molar-refractivity contribution is 0.581. The minimum Gasteiger partial charge on any atom is -0.207 e. The predicted molar refractivity (Wildman–Crippen MR) is 61.7 cm³/mol. The van der Waals surface area contributed by atoms with Crippen molar-refractivity contribution >= 4 is 12.2 Å². The largest absolute Gasteiger partial charge is 0.207 e. The topological polar surface area (TPSA) is 0 Å². The molecule has 0 saturated heterocycles. The quantitative estimate of drug-likeness (QED) is 0.680. The molecule has 0 fully saturated rings. The van der Waals surface area contributed by atoms with E-state index in [1.807, 2.05) is 0 Å². The maximum atomic E-state index is 13.3. The maximum absolute atomic E-state index is 13.3. The van der Waals surface area contributed by atoms with Crippen molar-refractivity contribution in [3.8, 4) is 0 Å². The van der Waals surface area contributed by atoms with E-state index in [1.165, 1.54) is 24.3 Å². The van der Waals surface area contributed by atoms with E-state index < -0.39 is 11.6 Å². The van der Waals surface area contributed by atoms with Crippen LogP contribution in [-0.4, -0.2) is 0 Å². The molecule has 2 aromatic rings. The summed E-state index contributed by atoms with van der Waals surface area (Å²) in [5.74, 6) is -1.69. The molecule has 0 nitrogen and oxygen atoms in total. The van der Waals surface area contributed by atoms with Crippen LogP contribution < -0.4 is 0 Å². The van der Waals surface area contributed by atoms with E-state index in [1.54, 1.807) is 18.2 Å². The van der Waals surface area contributed by atoms with Crippen LogP contribution in [0.4, 0.5) is 13.2 Å². The first-order valence-electron chi connectivity index (χ1n) is 5.04. The number of halogens is 3. The van der Waals surface area contributed by atoms with Gasteiger partial charge in [0.2, 0.25) is 0 Å². The Morgan fingerprint density at radius 2 is 1.35 bits per heavy atom. The van der Waals surface area contributed by atoms with E-state index >= 15 is 0 Å². The van der Waals surface area contributed by atoms with Gasteiger partial charge in [-0.1, -0.05) is 30.4 Å². The van der Waals surface area contributed by atoms with Crippen molar-refractivity contribution in [1.82, 2.24) is 0 Å². The molecule has 0 bridgehead atoms. The summed E-state index contributed by atoms with van der Waals surface area (Å²) in [6, 6.07) is 9.41. The van der Waals surface area contributed by atoms with Crippen LogP contribution in [0.5, 0.6) is 0 Å². The molecular formula is C14H9F3. The van der Waals surface area contributed by atoms with Gasteiger partial charge in [0.1, 0.15) is 17.5 Å². The lowest BCUT2D eigenvalue weighted by Gasteiger charge is -1.98. The fourth-order valence-corrected chi connectivity index (χ4v) is 1.43. The Balaban J connectivity index is 2.29. The van der Waals surface area contributed by atoms with Crippen molar-refractivity contribution in [2.24, 2.45) is 0 Å². The Morgan fingerprint density at radius 3 is 2.00 bits per heavy atom. The molecule has 0 aromatic heterocycles. The molecule has 0 radical (unpaired) electrons. The van der Waals surface area contributed by atoms with E-state index in [-0.39, 0.29) is 11.4 Å². The highest BCUT2D eigenvalue weighted by Gasteiger charge is 2.01. The molecule has 0 heterocycles. The molecule has 0 aliphatic carbocycles. The Labute approximate surface area is 97.0 Å². The third-order valence-electron chi connectivity index (χ3n) is 2.31. The Kier molecular flexibility index (Phi) is 3.28. The van der Waals surface area contributed by atoms with E-state index in [2.05, 4.69) is 0 Å². The molecule has 86 valence electrons. The summed E-state index contributed by atoms with van der Waals surface area (Å²) in [4.78, 5) is 0. The minimum atomic E-state index is -0.669. The molecule has 0 amide bonds. The summed E-state index contributed by atoms with van der Waals surface area (Å²) in [5, 5.41) is 0. The fraction of sp³-hybridized carbons (Fsp3) is 0. The third-order valence-corrected chi connectivity index (χ3v) is 2.31. The third kappa shape index (κ3) is 2.75. The monoisotopic (exact) mass is 234 g/mol. The standard InChI is InChI=1S/C14H9F3/c15-12-8-7-11(14(17)9-12)6-5-10-3-1-2-4-13(10)16/h1-9H/b6-5+. The summed E-state index contributed by atoms with van der Waals surface area (Å²) in [7, 11) is 0. The van der Waals surface area contributed by atoms with Gasteiger partial charge in [0.25, 0.3) is 0 Å². The zero-order valence-electron chi connectivity index (χ0n) is 8.83. The van der Waals surface area contributed by atoms with E-state index in [0.717, 1.165) is 12.1 Å². The summed E-state index contributed by atoms with van der Waals surface area (Å²) in [5.41, 5.74) is 0.575. The van der Waals surface area contributed by atoms with Gasteiger partial charge in [0, 0.05) is 17.2 Å². The second-order valence-corrected chi connectivity index (χ2v) is 3.52. The van der Waals surface area contributed by atoms with Gasteiger partial charge in [0.05, 0.1) is 0 Å². The molecule has 0 aliphatic rings. The Bertz CT molecular complexity index is 559. The summed E-state index contributed by atoms with van der Waals surface area (Å²) >= 11 is 0. The highest BCUT2D eigenvalue weighted by molar-refractivity contribution is 5.70. The Morgan fingerprint density at radius 1 is 0.706 bits per heavy atom. The minimum absolute atomic E-state index is 0.217. The summed E-state index contributed by atoms with van der Waals surface area (Å²) < 4.78 is 39.2. The predicted octanol–water partition coefficient (Wildman–Crippen LogP) is 4.27. The first-order valence-corrected chi connectivity index (χ1v) is 5.04. The van der Waals surface area contributed by atoms with E-state index in [4.69, 9.17) is 0 Å². The SMILES string of the molecule is Fc1ccc(/C=C/c2ccccc2F)c(F)c1. The van der Waals surface area contributed by atoms with Crippen LogP contribution in [0.2, 0.25) is 0 Å². The van der Waals surface area contributed by atoms with Gasteiger partial charge in [-0.2, -0.15) is 0 Å². The average Bonchev–Trinajstić information content (AvgIpc) is 2.30. The van der Waals surface area contributed by atoms with Crippen LogP contribution in [0.3, 0.4) is 0 Å². The zero-order valence-corrected chi connectivity index (χ0v) is 8.83. The number of benzene rings is 2. The summed E-state index contributed by atoms with van der Waals surface area (Å²) in [6.07, 6.45) is 2.86.